The van der Waals surface area contributed by atoms with Crippen LogP contribution in [0, 0.1) is 0 Å². The molecule has 1 amide bonds. The van der Waals surface area contributed by atoms with Crippen LogP contribution in [-0.2, 0) is 19.1 Å². The van der Waals surface area contributed by atoms with Crippen LogP contribution in [0.4, 0.5) is 0 Å². The first kappa shape index (κ1) is 19.3. The number of nitrogens with one attached hydrogen (secondary N) is 1. The molecule has 0 aliphatic heterocycles. The number of amides is 1. The summed E-state index contributed by atoms with van der Waals surface area (Å²) in [4.78, 5) is 37.0. The lowest BCUT2D eigenvalue weighted by Gasteiger charge is -2.20. The van der Waals surface area contributed by atoms with Crippen molar-refractivity contribution in [3.8, 4) is 0 Å². The van der Waals surface area contributed by atoms with E-state index in [9.17, 15) is 14.4 Å². The van der Waals surface area contributed by atoms with Crippen molar-refractivity contribution in [1.29, 1.82) is 0 Å². The van der Waals surface area contributed by atoms with Crippen LogP contribution in [0.25, 0.3) is 0 Å². The van der Waals surface area contributed by atoms with Crippen LogP contribution in [0.3, 0.4) is 0 Å². The number of ketones is 1. The van der Waals surface area contributed by atoms with Gasteiger partial charge in [0, 0.05) is 19.1 Å². The van der Waals surface area contributed by atoms with Gasteiger partial charge in [-0.2, -0.15) is 0 Å². The predicted octanol–water partition coefficient (Wildman–Crippen LogP) is 2.30. The average molecular weight is 355 g/mol. The molecule has 0 heterocycles. The van der Waals surface area contributed by atoms with Crippen LogP contribution in [0.15, 0.2) is 60.7 Å². The van der Waals surface area contributed by atoms with E-state index in [2.05, 4.69) is 5.32 Å². The summed E-state index contributed by atoms with van der Waals surface area (Å²) in [5.41, 5.74) is 1.10. The van der Waals surface area contributed by atoms with Gasteiger partial charge in [0.2, 0.25) is 0 Å². The second-order valence-corrected chi connectivity index (χ2v) is 5.60. The molecular weight excluding hydrogens is 334 g/mol. The summed E-state index contributed by atoms with van der Waals surface area (Å²) < 4.78 is 9.98. The zero-order valence-electron chi connectivity index (χ0n) is 14.7. The van der Waals surface area contributed by atoms with Crippen LogP contribution >= 0.6 is 0 Å². The monoisotopic (exact) mass is 355 g/mol. The second kappa shape index (κ2) is 9.48. The van der Waals surface area contributed by atoms with Gasteiger partial charge >= 0.3 is 5.97 Å². The largest absolute Gasteiger partial charge is 0.467 e. The van der Waals surface area contributed by atoms with Crippen molar-refractivity contribution in [2.75, 3.05) is 14.2 Å². The molecule has 0 radical (unpaired) electrons. The highest BCUT2D eigenvalue weighted by Crippen LogP contribution is 2.17. The summed E-state index contributed by atoms with van der Waals surface area (Å²) in [5.74, 6) is -1.48. The molecule has 0 aliphatic carbocycles. The van der Waals surface area contributed by atoms with Gasteiger partial charge in [-0.3, -0.25) is 9.59 Å². The molecule has 136 valence electrons. The van der Waals surface area contributed by atoms with Crippen LogP contribution in [0.5, 0.6) is 0 Å². The van der Waals surface area contributed by atoms with E-state index in [0.29, 0.717) is 11.1 Å². The molecule has 0 aliphatic rings. The third-order valence-corrected chi connectivity index (χ3v) is 3.86. The number of esters is 1. The number of carbonyl (C=O) groups excluding carboxylic acids is 3. The van der Waals surface area contributed by atoms with Crippen LogP contribution in [-0.4, -0.2) is 37.9 Å². The maximum atomic E-state index is 12.6. The summed E-state index contributed by atoms with van der Waals surface area (Å²) in [6.45, 7) is 0. The topological polar surface area (TPSA) is 81.7 Å². The summed E-state index contributed by atoms with van der Waals surface area (Å²) in [5, 5.41) is 2.56. The molecule has 2 aromatic rings. The minimum atomic E-state index is -1.10. The van der Waals surface area contributed by atoms with E-state index in [1.165, 1.54) is 14.2 Å². The van der Waals surface area contributed by atoms with Crippen LogP contribution < -0.4 is 5.32 Å². The van der Waals surface area contributed by atoms with Crippen molar-refractivity contribution in [3.05, 3.63) is 71.8 Å². The standard InChI is InChI=1S/C20H21NO5/c1-25-18(15-11-7-4-8-12-15)19(23)21-16(20(24)26-2)13-17(22)14-9-5-3-6-10-14/h3-12,16,18H,13H2,1-2H3,(H,21,23)/t16-,18-/m1/s1. The zero-order chi connectivity index (χ0) is 18.9. The highest BCUT2D eigenvalue weighted by Gasteiger charge is 2.29. The molecule has 2 rings (SSSR count). The van der Waals surface area contributed by atoms with Crippen LogP contribution in [0.1, 0.15) is 28.4 Å². The van der Waals surface area contributed by atoms with E-state index in [0.717, 1.165) is 0 Å². The minimum Gasteiger partial charge on any atom is -0.467 e. The molecule has 0 saturated carbocycles. The van der Waals surface area contributed by atoms with Crippen molar-refractivity contribution in [2.24, 2.45) is 0 Å². The molecule has 6 heteroatoms. The fraction of sp³-hybridized carbons (Fsp3) is 0.250. The number of ether oxygens (including phenoxy) is 2. The highest BCUT2D eigenvalue weighted by atomic mass is 16.5. The van der Waals surface area contributed by atoms with E-state index < -0.39 is 24.0 Å². The van der Waals surface area contributed by atoms with Gasteiger partial charge < -0.3 is 14.8 Å². The molecule has 26 heavy (non-hydrogen) atoms. The smallest absolute Gasteiger partial charge is 0.328 e. The molecule has 0 spiro atoms. The maximum Gasteiger partial charge on any atom is 0.328 e. The molecule has 0 fully saturated rings. The number of Topliss-reactive ketones (excluding diaryl/α,β-unsaturated/α-hetero) is 1. The quantitative estimate of drug-likeness (QED) is 0.580. The van der Waals surface area contributed by atoms with Crippen molar-refractivity contribution in [3.63, 3.8) is 0 Å². The van der Waals surface area contributed by atoms with E-state index in [-0.39, 0.29) is 12.2 Å². The zero-order valence-corrected chi connectivity index (χ0v) is 14.7. The van der Waals surface area contributed by atoms with Gasteiger partial charge in [0.25, 0.3) is 5.91 Å². The van der Waals surface area contributed by atoms with E-state index in [1.807, 2.05) is 6.07 Å². The summed E-state index contributed by atoms with van der Waals surface area (Å²) in [6, 6.07) is 16.3. The Morgan fingerprint density at radius 3 is 2.04 bits per heavy atom. The van der Waals surface area contributed by atoms with Crippen LogP contribution in [0.2, 0.25) is 0 Å². The van der Waals surface area contributed by atoms with E-state index >= 15 is 0 Å². The number of methoxy groups -OCH3 is 2. The number of hydrogen-bond acceptors (Lipinski definition) is 5. The Bertz CT molecular complexity index is 745. The molecule has 0 aromatic heterocycles. The lowest BCUT2D eigenvalue weighted by atomic mass is 10.0. The Labute approximate surface area is 152 Å². The third-order valence-electron chi connectivity index (χ3n) is 3.86. The Kier molecular flexibility index (Phi) is 7.05. The van der Waals surface area contributed by atoms with Crippen molar-refractivity contribution in [1.82, 2.24) is 5.32 Å². The van der Waals surface area contributed by atoms with Gasteiger partial charge in [0.05, 0.1) is 7.11 Å². The normalized spacial score (nSPS) is 12.7. The SMILES string of the molecule is COC(=O)[C@@H](CC(=O)c1ccccc1)NC(=O)[C@H](OC)c1ccccc1. The lowest BCUT2D eigenvalue weighted by molar-refractivity contribution is -0.146. The predicted molar refractivity (Wildman–Crippen MR) is 95.5 cm³/mol. The highest BCUT2D eigenvalue weighted by molar-refractivity contribution is 6.00. The third kappa shape index (κ3) is 5.00. The first-order chi connectivity index (χ1) is 12.6. The summed E-state index contributed by atoms with van der Waals surface area (Å²) in [7, 11) is 2.61. The molecule has 6 nitrogen and oxygen atoms in total. The molecule has 0 unspecified atom stereocenters. The molecule has 1 N–H and O–H groups in total. The number of carbonyl (C=O) groups is 3. The molecule has 2 aromatic carbocycles. The fourth-order valence-electron chi connectivity index (χ4n) is 2.53. The van der Waals surface area contributed by atoms with E-state index in [4.69, 9.17) is 9.47 Å². The van der Waals surface area contributed by atoms with Crippen molar-refractivity contribution >= 4 is 17.7 Å². The summed E-state index contributed by atoms with van der Waals surface area (Å²) >= 11 is 0. The molecular formula is C20H21NO5. The minimum absolute atomic E-state index is 0.201. The van der Waals surface area contributed by atoms with Crippen molar-refractivity contribution in [2.45, 2.75) is 18.6 Å². The van der Waals surface area contributed by atoms with Gasteiger partial charge in [-0.25, -0.2) is 4.79 Å². The lowest BCUT2D eigenvalue weighted by Crippen LogP contribution is -2.45. The Hall–Kier alpha value is -2.99. The van der Waals surface area contributed by atoms with E-state index in [1.54, 1.807) is 54.6 Å². The Balaban J connectivity index is 2.13. The first-order valence-corrected chi connectivity index (χ1v) is 8.11. The number of rotatable bonds is 8. The Morgan fingerprint density at radius 1 is 0.923 bits per heavy atom. The number of hydrogen-bond donors (Lipinski definition) is 1. The summed E-state index contributed by atoms with van der Waals surface area (Å²) in [6.07, 6.45) is -1.09. The fourth-order valence-corrected chi connectivity index (χ4v) is 2.53. The second-order valence-electron chi connectivity index (χ2n) is 5.60. The van der Waals surface area contributed by atoms with Gasteiger partial charge in [-0.05, 0) is 5.56 Å². The first-order valence-electron chi connectivity index (χ1n) is 8.11. The van der Waals surface area contributed by atoms with Gasteiger partial charge in [0.1, 0.15) is 6.04 Å². The Morgan fingerprint density at radius 2 is 1.50 bits per heavy atom. The van der Waals surface area contributed by atoms with Gasteiger partial charge in [-0.1, -0.05) is 60.7 Å². The molecule has 0 saturated heterocycles. The molecule has 0 bridgehead atoms. The van der Waals surface area contributed by atoms with Crippen molar-refractivity contribution < 1.29 is 23.9 Å². The van der Waals surface area contributed by atoms with Gasteiger partial charge in [0.15, 0.2) is 11.9 Å². The average Bonchev–Trinajstić information content (AvgIpc) is 2.68. The maximum absolute atomic E-state index is 12.6. The number of benzene rings is 2. The molecule has 2 atom stereocenters. The van der Waals surface area contributed by atoms with Gasteiger partial charge in [-0.15, -0.1) is 0 Å².